The summed E-state index contributed by atoms with van der Waals surface area (Å²) in [4.78, 5) is 13.0. The molecular weight excluding hydrogens is 178 g/mol. The lowest BCUT2D eigenvalue weighted by molar-refractivity contribution is -0.149. The molecule has 1 unspecified atom stereocenters. The molecule has 0 bridgehead atoms. The number of rotatable bonds is 3. The normalized spacial score (nSPS) is 22.7. The maximum atomic E-state index is 11.0. The molecule has 0 radical (unpaired) electrons. The topological polar surface area (TPSA) is 40.5 Å². The van der Waals surface area contributed by atoms with Gasteiger partial charge >= 0.3 is 5.97 Å². The smallest absolute Gasteiger partial charge is 0.323 e. The molecule has 0 spiro atoms. The quantitative estimate of drug-likeness (QED) is 0.702. The monoisotopic (exact) mass is 197 g/mol. The van der Waals surface area contributed by atoms with E-state index in [2.05, 4.69) is 12.2 Å². The predicted octanol–water partition coefficient (Wildman–Crippen LogP) is 1.89. The Morgan fingerprint density at radius 1 is 1.57 bits per heavy atom. The van der Waals surface area contributed by atoms with Crippen LogP contribution in [-0.2, 0) is 4.79 Å². The zero-order valence-corrected chi connectivity index (χ0v) is 9.16. The molecule has 0 aromatic rings. The van der Waals surface area contributed by atoms with Crippen LogP contribution in [0.25, 0.3) is 0 Å². The number of carboxylic acid groups (broad SMARTS) is 1. The number of aliphatic carboxylic acids is 1. The molecule has 0 saturated heterocycles. The fourth-order valence-corrected chi connectivity index (χ4v) is 1.68. The van der Waals surface area contributed by atoms with Gasteiger partial charge in [0.15, 0.2) is 0 Å². The highest BCUT2D eigenvalue weighted by atomic mass is 16.4. The predicted molar refractivity (Wildman–Crippen MR) is 56.3 cm³/mol. The number of allylic oxidation sites excluding steroid dienone is 1. The summed E-state index contributed by atoms with van der Waals surface area (Å²) in [6, 6.07) is 0.273. The molecule has 1 aliphatic rings. The zero-order chi connectivity index (χ0) is 10.8. The standard InChI is InChI=1S/C11H19NO2/c1-11(2,10(13)14)12(3)9-7-5-4-6-8-9/h5,7,9H,4,6,8H2,1-3H3,(H,13,14). The van der Waals surface area contributed by atoms with Crippen LogP contribution in [0.1, 0.15) is 33.1 Å². The third-order valence-electron chi connectivity index (χ3n) is 3.13. The van der Waals surface area contributed by atoms with Crippen molar-refractivity contribution in [3.63, 3.8) is 0 Å². The second-order valence-electron chi connectivity index (χ2n) is 4.40. The largest absolute Gasteiger partial charge is 0.480 e. The highest BCUT2D eigenvalue weighted by Crippen LogP contribution is 2.22. The first-order chi connectivity index (χ1) is 6.46. The summed E-state index contributed by atoms with van der Waals surface area (Å²) in [5.74, 6) is -0.765. The lowest BCUT2D eigenvalue weighted by Crippen LogP contribution is -2.52. The third-order valence-corrected chi connectivity index (χ3v) is 3.13. The molecule has 3 heteroatoms. The van der Waals surface area contributed by atoms with Crippen LogP contribution in [0.3, 0.4) is 0 Å². The highest BCUT2D eigenvalue weighted by Gasteiger charge is 2.35. The molecule has 0 heterocycles. The molecule has 0 amide bonds. The second kappa shape index (κ2) is 4.13. The van der Waals surface area contributed by atoms with Gasteiger partial charge < -0.3 is 5.11 Å². The Bertz CT molecular complexity index is 246. The first-order valence-corrected chi connectivity index (χ1v) is 5.09. The molecule has 0 fully saturated rings. The van der Waals surface area contributed by atoms with Crippen molar-refractivity contribution in [1.82, 2.24) is 4.90 Å². The maximum Gasteiger partial charge on any atom is 0.323 e. The van der Waals surface area contributed by atoms with E-state index in [1.54, 1.807) is 13.8 Å². The first-order valence-electron chi connectivity index (χ1n) is 5.09. The summed E-state index contributed by atoms with van der Waals surface area (Å²) >= 11 is 0. The van der Waals surface area contributed by atoms with Gasteiger partial charge in [0.1, 0.15) is 5.54 Å². The van der Waals surface area contributed by atoms with Gasteiger partial charge in [-0.25, -0.2) is 0 Å². The summed E-state index contributed by atoms with van der Waals surface area (Å²) in [5.41, 5.74) is -0.785. The number of nitrogens with zero attached hydrogens (tertiary/aromatic N) is 1. The fourth-order valence-electron chi connectivity index (χ4n) is 1.68. The summed E-state index contributed by atoms with van der Waals surface area (Å²) in [7, 11) is 1.88. The molecule has 80 valence electrons. The van der Waals surface area contributed by atoms with Crippen molar-refractivity contribution in [2.45, 2.75) is 44.7 Å². The Morgan fingerprint density at radius 3 is 2.64 bits per heavy atom. The van der Waals surface area contributed by atoms with Crippen molar-refractivity contribution in [3.8, 4) is 0 Å². The molecule has 1 rings (SSSR count). The van der Waals surface area contributed by atoms with Crippen LogP contribution in [0, 0.1) is 0 Å². The van der Waals surface area contributed by atoms with E-state index in [4.69, 9.17) is 5.11 Å². The van der Waals surface area contributed by atoms with E-state index in [0.29, 0.717) is 0 Å². The van der Waals surface area contributed by atoms with Crippen LogP contribution >= 0.6 is 0 Å². The van der Waals surface area contributed by atoms with Crippen LogP contribution < -0.4 is 0 Å². The summed E-state index contributed by atoms with van der Waals surface area (Å²) in [6.07, 6.45) is 7.60. The molecule has 14 heavy (non-hydrogen) atoms. The Morgan fingerprint density at radius 2 is 2.21 bits per heavy atom. The highest BCUT2D eigenvalue weighted by molar-refractivity contribution is 5.77. The third kappa shape index (κ3) is 2.15. The first kappa shape index (κ1) is 11.2. The van der Waals surface area contributed by atoms with Gasteiger partial charge in [-0.15, -0.1) is 0 Å². The van der Waals surface area contributed by atoms with Gasteiger partial charge in [-0.3, -0.25) is 9.69 Å². The van der Waals surface area contributed by atoms with E-state index in [-0.39, 0.29) is 6.04 Å². The second-order valence-corrected chi connectivity index (χ2v) is 4.40. The van der Waals surface area contributed by atoms with Crippen LogP contribution in [0.4, 0.5) is 0 Å². The minimum atomic E-state index is -0.785. The van der Waals surface area contributed by atoms with Crippen LogP contribution in [-0.4, -0.2) is 34.6 Å². The summed E-state index contributed by atoms with van der Waals surface area (Å²) in [6.45, 7) is 3.50. The van der Waals surface area contributed by atoms with Crippen LogP contribution in [0.5, 0.6) is 0 Å². The van der Waals surface area contributed by atoms with Gasteiger partial charge in [0.25, 0.3) is 0 Å². The van der Waals surface area contributed by atoms with E-state index in [1.165, 1.54) is 0 Å². The average Bonchev–Trinajstić information content (AvgIpc) is 2.17. The zero-order valence-electron chi connectivity index (χ0n) is 9.16. The molecule has 1 N–H and O–H groups in total. The minimum Gasteiger partial charge on any atom is -0.480 e. The Labute approximate surface area is 85.4 Å². The Kier molecular flexibility index (Phi) is 3.32. The van der Waals surface area contributed by atoms with Crippen molar-refractivity contribution >= 4 is 5.97 Å². The lowest BCUT2D eigenvalue weighted by atomic mass is 9.95. The SMILES string of the molecule is CN(C1C=CCCC1)C(C)(C)C(=O)O. The molecule has 1 atom stereocenters. The van der Waals surface area contributed by atoms with Gasteiger partial charge in [-0.1, -0.05) is 12.2 Å². The number of likely N-dealkylation sites (N-methyl/N-ethyl adjacent to an activating group) is 1. The summed E-state index contributed by atoms with van der Waals surface area (Å²) < 4.78 is 0. The van der Waals surface area contributed by atoms with E-state index in [0.717, 1.165) is 19.3 Å². The number of hydrogen-bond donors (Lipinski definition) is 1. The average molecular weight is 197 g/mol. The molecule has 1 aliphatic carbocycles. The number of carboxylic acids is 1. The van der Waals surface area contributed by atoms with Gasteiger partial charge in [0, 0.05) is 6.04 Å². The van der Waals surface area contributed by atoms with E-state index >= 15 is 0 Å². The number of carbonyl (C=O) groups is 1. The van der Waals surface area contributed by atoms with Crippen molar-refractivity contribution in [1.29, 1.82) is 0 Å². The van der Waals surface area contributed by atoms with Gasteiger partial charge in [0.05, 0.1) is 0 Å². The minimum absolute atomic E-state index is 0.273. The van der Waals surface area contributed by atoms with Crippen molar-refractivity contribution in [2.75, 3.05) is 7.05 Å². The molecule has 0 aliphatic heterocycles. The van der Waals surface area contributed by atoms with E-state index in [9.17, 15) is 4.79 Å². The van der Waals surface area contributed by atoms with Gasteiger partial charge in [0.2, 0.25) is 0 Å². The van der Waals surface area contributed by atoms with Crippen molar-refractivity contribution in [2.24, 2.45) is 0 Å². The van der Waals surface area contributed by atoms with Gasteiger partial charge in [-0.05, 0) is 40.2 Å². The van der Waals surface area contributed by atoms with Crippen molar-refractivity contribution < 1.29 is 9.90 Å². The Hall–Kier alpha value is -0.830. The molecule has 3 nitrogen and oxygen atoms in total. The summed E-state index contributed by atoms with van der Waals surface area (Å²) in [5, 5.41) is 9.08. The molecule has 0 aromatic carbocycles. The fraction of sp³-hybridized carbons (Fsp3) is 0.727. The maximum absolute atomic E-state index is 11.0. The van der Waals surface area contributed by atoms with E-state index in [1.807, 2.05) is 11.9 Å². The molecule has 0 aromatic heterocycles. The Balaban J connectivity index is 2.72. The molecular formula is C11H19NO2. The number of hydrogen-bond acceptors (Lipinski definition) is 2. The van der Waals surface area contributed by atoms with E-state index < -0.39 is 11.5 Å². The van der Waals surface area contributed by atoms with Gasteiger partial charge in [-0.2, -0.15) is 0 Å². The van der Waals surface area contributed by atoms with Crippen molar-refractivity contribution in [3.05, 3.63) is 12.2 Å². The molecule has 0 saturated carbocycles. The van der Waals surface area contributed by atoms with Crippen LogP contribution in [0.15, 0.2) is 12.2 Å². The van der Waals surface area contributed by atoms with Crippen LogP contribution in [0.2, 0.25) is 0 Å². The lowest BCUT2D eigenvalue weighted by Gasteiger charge is -2.37.